The highest BCUT2D eigenvalue weighted by atomic mass is 32.2. The Hall–Kier alpha value is -3.64. The first-order valence-electron chi connectivity index (χ1n) is 11.9. The lowest BCUT2D eigenvalue weighted by molar-refractivity contribution is -0.113. The molecule has 2 amide bonds. The van der Waals surface area contributed by atoms with E-state index in [4.69, 9.17) is 15.2 Å². The second-order valence-electron chi connectivity index (χ2n) is 8.68. The lowest BCUT2D eigenvalue weighted by atomic mass is 10.1. The van der Waals surface area contributed by atoms with Crippen molar-refractivity contribution in [3.8, 4) is 5.75 Å². The van der Waals surface area contributed by atoms with Crippen molar-refractivity contribution >= 4 is 45.9 Å². The number of esters is 1. The number of carbonyl (C=O) groups excluding carboxylic acids is 3. The lowest BCUT2D eigenvalue weighted by Gasteiger charge is -2.17. The van der Waals surface area contributed by atoms with E-state index >= 15 is 0 Å². The van der Waals surface area contributed by atoms with Crippen molar-refractivity contribution in [3.05, 3.63) is 64.3 Å². The van der Waals surface area contributed by atoms with Crippen molar-refractivity contribution in [2.75, 3.05) is 11.1 Å². The van der Waals surface area contributed by atoms with Crippen molar-refractivity contribution in [2.45, 2.75) is 58.5 Å². The van der Waals surface area contributed by atoms with Gasteiger partial charge in [-0.2, -0.15) is 0 Å². The van der Waals surface area contributed by atoms with Crippen LogP contribution in [0.3, 0.4) is 0 Å². The number of hydrogen-bond donors (Lipinski definition) is 2. The summed E-state index contributed by atoms with van der Waals surface area (Å²) in [5.74, 6) is -0.408. The summed E-state index contributed by atoms with van der Waals surface area (Å²) in [6.45, 7) is 13.1. The fraction of sp³-hybridized carbons (Fsp3) is 0.346. The number of primary amides is 1. The number of nitrogens with two attached hydrogens (primary N) is 1. The van der Waals surface area contributed by atoms with Crippen molar-refractivity contribution in [2.24, 2.45) is 5.73 Å². The number of aromatic nitrogens is 3. The number of para-hydroxylation sites is 1. The van der Waals surface area contributed by atoms with Gasteiger partial charge in [0, 0.05) is 6.54 Å². The van der Waals surface area contributed by atoms with Crippen LogP contribution in [-0.2, 0) is 16.1 Å². The predicted molar refractivity (Wildman–Crippen MR) is 148 cm³/mol. The minimum absolute atomic E-state index is 0.0240. The third-order valence-corrected chi connectivity index (χ3v) is 7.51. The zero-order valence-corrected chi connectivity index (χ0v) is 23.6. The monoisotopic (exact) mass is 557 g/mol. The van der Waals surface area contributed by atoms with Crippen LogP contribution in [0.2, 0.25) is 0 Å². The molecule has 0 saturated heterocycles. The second kappa shape index (κ2) is 12.7. The summed E-state index contributed by atoms with van der Waals surface area (Å²) >= 11 is 2.12. The molecule has 3 aromatic rings. The van der Waals surface area contributed by atoms with E-state index in [1.165, 1.54) is 11.8 Å². The molecule has 1 aromatic carbocycles. The Morgan fingerprint density at radius 2 is 1.92 bits per heavy atom. The molecule has 0 aliphatic heterocycles. The minimum Gasteiger partial charge on any atom is -0.482 e. The number of aryl methyl sites for hydroxylation is 1. The van der Waals surface area contributed by atoms with Gasteiger partial charge in [-0.15, -0.1) is 28.1 Å². The zero-order valence-electron chi connectivity index (χ0n) is 21.9. The molecule has 0 fully saturated rings. The molecule has 3 rings (SSSR count). The predicted octanol–water partition coefficient (Wildman–Crippen LogP) is 4.68. The van der Waals surface area contributed by atoms with Crippen LogP contribution in [0.25, 0.3) is 0 Å². The molecule has 12 heteroatoms. The van der Waals surface area contributed by atoms with Crippen LogP contribution < -0.4 is 15.8 Å². The van der Waals surface area contributed by atoms with Gasteiger partial charge in [0.2, 0.25) is 5.91 Å². The third kappa shape index (κ3) is 6.81. The largest absolute Gasteiger partial charge is 0.482 e. The Morgan fingerprint density at radius 3 is 2.55 bits per heavy atom. The fourth-order valence-corrected chi connectivity index (χ4v) is 5.41. The third-order valence-electron chi connectivity index (χ3n) is 5.32. The van der Waals surface area contributed by atoms with E-state index in [0.29, 0.717) is 23.1 Å². The van der Waals surface area contributed by atoms with E-state index in [2.05, 4.69) is 22.1 Å². The van der Waals surface area contributed by atoms with Gasteiger partial charge in [-0.25, -0.2) is 4.79 Å². The maximum absolute atomic E-state index is 12.9. The van der Waals surface area contributed by atoms with Crippen LogP contribution in [-0.4, -0.2) is 44.4 Å². The topological polar surface area (TPSA) is 138 Å². The van der Waals surface area contributed by atoms with Crippen molar-refractivity contribution in [1.82, 2.24) is 14.8 Å². The van der Waals surface area contributed by atoms with Crippen LogP contribution in [0, 0.1) is 13.8 Å². The first-order valence-corrected chi connectivity index (χ1v) is 13.7. The number of amides is 2. The standard InChI is InChI=1S/C26H31N5O5S2/c1-7-12-31-23(17(6)36-18-11-9-8-10-15(18)4)29-30-26(31)37-13-19(32)28-24-20(25(34)35-14(2)3)16(5)21(38-24)22(27)33/h7-11,14,17H,1,12-13H2,2-6H3,(H2,27,33)(H,28,32). The molecule has 0 radical (unpaired) electrons. The van der Waals surface area contributed by atoms with Crippen LogP contribution >= 0.6 is 23.1 Å². The number of thioether (sulfide) groups is 1. The molecule has 0 aliphatic rings. The summed E-state index contributed by atoms with van der Waals surface area (Å²) in [6, 6.07) is 7.70. The number of ether oxygens (including phenoxy) is 2. The average molecular weight is 558 g/mol. The molecule has 3 N–H and O–H groups in total. The SMILES string of the molecule is C=CCn1c(SCC(=O)Nc2sc(C(N)=O)c(C)c2C(=O)OC(C)C)nnc1C(C)Oc1ccccc1C. The van der Waals surface area contributed by atoms with E-state index in [1.807, 2.05) is 42.7 Å². The van der Waals surface area contributed by atoms with Gasteiger partial charge in [-0.1, -0.05) is 36.0 Å². The van der Waals surface area contributed by atoms with Crippen molar-refractivity contribution in [1.29, 1.82) is 0 Å². The first-order chi connectivity index (χ1) is 18.0. The van der Waals surface area contributed by atoms with Gasteiger partial charge in [-0.3, -0.25) is 14.2 Å². The van der Waals surface area contributed by atoms with Crippen LogP contribution in [0.4, 0.5) is 5.00 Å². The van der Waals surface area contributed by atoms with Crippen LogP contribution in [0.15, 0.2) is 42.1 Å². The van der Waals surface area contributed by atoms with Gasteiger partial charge in [0.1, 0.15) is 10.8 Å². The Kier molecular flexibility index (Phi) is 9.70. The summed E-state index contributed by atoms with van der Waals surface area (Å²) in [6.07, 6.45) is 0.937. The Morgan fingerprint density at radius 1 is 1.21 bits per heavy atom. The quantitative estimate of drug-likeness (QED) is 0.186. The molecule has 2 heterocycles. The molecule has 0 saturated carbocycles. The molecule has 1 unspecified atom stereocenters. The molecule has 38 heavy (non-hydrogen) atoms. The van der Waals surface area contributed by atoms with Crippen molar-refractivity contribution in [3.63, 3.8) is 0 Å². The Labute approximate surface area is 229 Å². The normalized spacial score (nSPS) is 11.7. The number of nitrogens with zero attached hydrogens (tertiary/aromatic N) is 3. The molecule has 0 aliphatic carbocycles. The van der Waals surface area contributed by atoms with Gasteiger partial charge in [0.05, 0.1) is 22.3 Å². The molecule has 0 spiro atoms. The number of thiophene rings is 1. The van der Waals surface area contributed by atoms with Crippen LogP contribution in [0.1, 0.15) is 63.9 Å². The maximum Gasteiger partial charge on any atom is 0.341 e. The molecule has 0 bridgehead atoms. The van der Waals surface area contributed by atoms with E-state index in [-0.39, 0.29) is 27.3 Å². The van der Waals surface area contributed by atoms with E-state index < -0.39 is 23.9 Å². The van der Waals surface area contributed by atoms with E-state index in [0.717, 1.165) is 22.6 Å². The molecule has 1 atom stereocenters. The lowest BCUT2D eigenvalue weighted by Crippen LogP contribution is -2.18. The van der Waals surface area contributed by atoms with Gasteiger partial charge in [0.15, 0.2) is 17.1 Å². The molecular weight excluding hydrogens is 526 g/mol. The smallest absolute Gasteiger partial charge is 0.341 e. The number of hydrogen-bond acceptors (Lipinski definition) is 9. The summed E-state index contributed by atoms with van der Waals surface area (Å²) in [4.78, 5) is 37.6. The highest BCUT2D eigenvalue weighted by Gasteiger charge is 2.27. The summed E-state index contributed by atoms with van der Waals surface area (Å²) in [7, 11) is 0. The summed E-state index contributed by atoms with van der Waals surface area (Å²) in [5.41, 5.74) is 6.95. The number of carbonyl (C=O) groups is 3. The van der Waals surface area contributed by atoms with Gasteiger partial charge in [-0.05, 0) is 51.8 Å². The van der Waals surface area contributed by atoms with Gasteiger partial charge in [0.25, 0.3) is 5.91 Å². The molecular formula is C26H31N5O5S2. The summed E-state index contributed by atoms with van der Waals surface area (Å²) in [5, 5.41) is 12.0. The van der Waals surface area contributed by atoms with Crippen LogP contribution in [0.5, 0.6) is 5.75 Å². The minimum atomic E-state index is -0.687. The Bertz CT molecular complexity index is 1350. The number of benzene rings is 1. The maximum atomic E-state index is 12.9. The summed E-state index contributed by atoms with van der Waals surface area (Å²) < 4.78 is 13.2. The van der Waals surface area contributed by atoms with E-state index in [9.17, 15) is 14.4 Å². The highest BCUT2D eigenvalue weighted by molar-refractivity contribution is 7.99. The second-order valence-corrected chi connectivity index (χ2v) is 10.6. The Balaban J connectivity index is 1.76. The number of allylic oxidation sites excluding steroid dienone is 1. The zero-order chi connectivity index (χ0) is 28.0. The molecule has 202 valence electrons. The fourth-order valence-electron chi connectivity index (χ4n) is 3.59. The van der Waals surface area contributed by atoms with Gasteiger partial charge >= 0.3 is 5.97 Å². The van der Waals surface area contributed by atoms with Crippen molar-refractivity contribution < 1.29 is 23.9 Å². The first kappa shape index (κ1) is 28.9. The molecule has 2 aromatic heterocycles. The average Bonchev–Trinajstić information content (AvgIpc) is 3.39. The van der Waals surface area contributed by atoms with E-state index in [1.54, 1.807) is 26.8 Å². The number of nitrogens with one attached hydrogen (secondary N) is 1. The molecule has 10 nitrogen and oxygen atoms in total. The number of anilines is 1. The highest BCUT2D eigenvalue weighted by Crippen LogP contribution is 2.34. The number of rotatable bonds is 12. The van der Waals surface area contributed by atoms with Gasteiger partial charge < -0.3 is 20.5 Å².